The summed E-state index contributed by atoms with van der Waals surface area (Å²) in [6.45, 7) is 14.6. The Balaban J connectivity index is 0. The van der Waals surface area contributed by atoms with E-state index in [0.717, 1.165) is 0 Å². The van der Waals surface area contributed by atoms with Gasteiger partial charge >= 0.3 is 15.2 Å². The van der Waals surface area contributed by atoms with E-state index in [1.807, 2.05) is 39.8 Å². The van der Waals surface area contributed by atoms with Crippen LogP contribution in [0.1, 0.15) is 54.9 Å². The van der Waals surface area contributed by atoms with E-state index in [2.05, 4.69) is 0 Å². The predicted octanol–water partition coefficient (Wildman–Crippen LogP) is 5.85. The van der Waals surface area contributed by atoms with Gasteiger partial charge in [-0.25, -0.2) is 0 Å². The highest BCUT2D eigenvalue weighted by atomic mass is 31.2. The molecule has 0 fully saturated rings. The first-order valence-corrected chi connectivity index (χ1v) is 13.5. The van der Waals surface area contributed by atoms with E-state index in [4.69, 9.17) is 28.6 Å². The maximum atomic E-state index is 12.2. The monoisotopic (exact) mass is 452 g/mol. The second-order valence-electron chi connectivity index (χ2n) is 7.28. The number of nitriles is 2. The third-order valence-corrected chi connectivity index (χ3v) is 7.23. The quantitative estimate of drug-likeness (QED) is 0.301. The Bertz CT molecular complexity index is 572. The van der Waals surface area contributed by atoms with Gasteiger partial charge in [-0.05, 0) is 32.6 Å². The molecule has 0 heterocycles. The van der Waals surface area contributed by atoms with Gasteiger partial charge in [0.15, 0.2) is 0 Å². The third kappa shape index (κ3) is 17.8. The van der Waals surface area contributed by atoms with Gasteiger partial charge < -0.3 is 18.1 Å². The van der Waals surface area contributed by atoms with Crippen molar-refractivity contribution in [3.05, 3.63) is 0 Å². The topological polar surface area (TPSA) is 119 Å². The first-order valence-electron chi connectivity index (χ1n) is 10.00. The summed E-state index contributed by atoms with van der Waals surface area (Å²) in [5.74, 6) is 0.306. The number of nitrogens with zero attached hydrogens (tertiary/aromatic N) is 2. The zero-order chi connectivity index (χ0) is 22.9. The lowest BCUT2D eigenvalue weighted by atomic mass is 10.2. The average molecular weight is 452 g/mol. The van der Waals surface area contributed by atoms with Crippen molar-refractivity contribution in [3.8, 4) is 12.1 Å². The van der Waals surface area contributed by atoms with E-state index in [1.165, 1.54) is 0 Å². The van der Waals surface area contributed by atoms with Gasteiger partial charge in [-0.3, -0.25) is 9.13 Å². The molecule has 0 N–H and O–H groups in total. The molecule has 0 aromatic heterocycles. The first kappa shape index (κ1) is 30.5. The van der Waals surface area contributed by atoms with Crippen molar-refractivity contribution in [1.82, 2.24) is 0 Å². The number of hydrogen-bond donors (Lipinski definition) is 0. The molecule has 170 valence electrons. The van der Waals surface area contributed by atoms with E-state index < -0.39 is 15.2 Å². The first-order chi connectivity index (χ1) is 13.5. The van der Waals surface area contributed by atoms with Gasteiger partial charge in [-0.2, -0.15) is 10.5 Å². The molecule has 0 amide bonds. The van der Waals surface area contributed by atoms with Gasteiger partial charge in [0, 0.05) is 6.42 Å². The van der Waals surface area contributed by atoms with Crippen LogP contribution >= 0.6 is 15.2 Å². The van der Waals surface area contributed by atoms with Gasteiger partial charge in [-0.1, -0.05) is 27.7 Å². The Morgan fingerprint density at radius 3 is 1.55 bits per heavy atom. The van der Waals surface area contributed by atoms with Crippen molar-refractivity contribution in [2.24, 2.45) is 17.8 Å². The van der Waals surface area contributed by atoms with E-state index in [9.17, 15) is 9.13 Å². The molecule has 0 saturated carbocycles. The molecule has 0 aliphatic rings. The van der Waals surface area contributed by atoms with Crippen LogP contribution < -0.4 is 0 Å². The van der Waals surface area contributed by atoms with Crippen LogP contribution in [0.5, 0.6) is 0 Å². The number of rotatable bonds is 14. The highest BCUT2D eigenvalue weighted by molar-refractivity contribution is 7.54. The molecular formula is C19H38N2O6P2. The molecular weight excluding hydrogens is 414 g/mol. The van der Waals surface area contributed by atoms with E-state index in [-0.39, 0.29) is 24.7 Å². The lowest BCUT2D eigenvalue weighted by Crippen LogP contribution is -2.08. The van der Waals surface area contributed by atoms with Crippen molar-refractivity contribution >= 4 is 15.2 Å². The van der Waals surface area contributed by atoms with E-state index >= 15 is 0 Å². The van der Waals surface area contributed by atoms with E-state index in [1.54, 1.807) is 20.8 Å². The fourth-order valence-corrected chi connectivity index (χ4v) is 5.37. The molecule has 0 bridgehead atoms. The minimum absolute atomic E-state index is 0.172. The summed E-state index contributed by atoms with van der Waals surface area (Å²) in [6, 6.07) is 3.97. The molecule has 0 aromatic carbocycles. The molecule has 1 atom stereocenters. The van der Waals surface area contributed by atoms with Gasteiger partial charge in [0.1, 0.15) is 0 Å². The molecule has 0 saturated heterocycles. The Labute approximate surface area is 176 Å². The molecule has 0 rings (SSSR count). The van der Waals surface area contributed by atoms with Crippen LogP contribution in [0.25, 0.3) is 0 Å². The summed E-state index contributed by atoms with van der Waals surface area (Å²) >= 11 is 0. The summed E-state index contributed by atoms with van der Waals surface area (Å²) < 4.78 is 44.7. The standard InChI is InChI=1S/C11H22NO3P.C8H16NO3P/c1-10(2)8-14-16(13,7-5-6-12)15-9-11(3)4;1-4-11-13(10,12-5-2)7-8(3)6-9/h10-11H,5,7-9H2,1-4H3;8H,4-5,7H2,1-3H3. The largest absolute Gasteiger partial charge is 0.331 e. The number of hydrogen-bond acceptors (Lipinski definition) is 8. The normalized spacial score (nSPS) is 12.8. The molecule has 1 unspecified atom stereocenters. The Kier molecular flexibility index (Phi) is 17.9. The molecule has 8 nitrogen and oxygen atoms in total. The minimum Gasteiger partial charge on any atom is -0.309 e. The zero-order valence-corrected chi connectivity index (χ0v) is 20.7. The van der Waals surface area contributed by atoms with Crippen LogP contribution in [0.15, 0.2) is 0 Å². The maximum absolute atomic E-state index is 12.2. The van der Waals surface area contributed by atoms with Crippen molar-refractivity contribution in [1.29, 1.82) is 10.5 Å². The van der Waals surface area contributed by atoms with Crippen LogP contribution in [-0.4, -0.2) is 38.8 Å². The molecule has 29 heavy (non-hydrogen) atoms. The maximum Gasteiger partial charge on any atom is 0.331 e. The Morgan fingerprint density at radius 2 is 1.24 bits per heavy atom. The Morgan fingerprint density at radius 1 is 0.793 bits per heavy atom. The summed E-state index contributed by atoms with van der Waals surface area (Å²) in [7, 11) is -6.08. The van der Waals surface area contributed by atoms with Gasteiger partial charge in [0.05, 0.1) is 56.8 Å². The highest BCUT2D eigenvalue weighted by Crippen LogP contribution is 2.50. The zero-order valence-electron chi connectivity index (χ0n) is 18.9. The second-order valence-corrected chi connectivity index (χ2v) is 11.6. The summed E-state index contributed by atoms with van der Waals surface area (Å²) in [6.07, 6.45) is 0.557. The smallest absolute Gasteiger partial charge is 0.309 e. The van der Waals surface area contributed by atoms with Crippen LogP contribution in [0, 0.1) is 40.4 Å². The minimum atomic E-state index is -3.07. The molecule has 0 aliphatic heterocycles. The fraction of sp³-hybridized carbons (Fsp3) is 0.895. The van der Waals surface area contributed by atoms with Crippen LogP contribution in [0.3, 0.4) is 0 Å². The summed E-state index contributed by atoms with van der Waals surface area (Å²) in [5.41, 5.74) is 0. The molecule has 0 aliphatic carbocycles. The van der Waals surface area contributed by atoms with Crippen molar-refractivity contribution in [2.75, 3.05) is 38.8 Å². The summed E-state index contributed by atoms with van der Waals surface area (Å²) in [4.78, 5) is 0. The molecule has 0 aromatic rings. The lowest BCUT2D eigenvalue weighted by molar-refractivity contribution is 0.173. The van der Waals surface area contributed by atoms with Gasteiger partial charge in [-0.15, -0.1) is 0 Å². The average Bonchev–Trinajstić information content (AvgIpc) is 2.64. The van der Waals surface area contributed by atoms with Crippen LogP contribution in [-0.2, 0) is 27.2 Å². The van der Waals surface area contributed by atoms with Crippen molar-refractivity contribution in [3.63, 3.8) is 0 Å². The third-order valence-electron chi connectivity index (χ3n) is 3.08. The van der Waals surface area contributed by atoms with Crippen molar-refractivity contribution < 1.29 is 27.2 Å². The molecule has 0 radical (unpaired) electrons. The highest BCUT2D eigenvalue weighted by Gasteiger charge is 2.26. The predicted molar refractivity (Wildman–Crippen MR) is 115 cm³/mol. The van der Waals surface area contributed by atoms with Crippen molar-refractivity contribution in [2.45, 2.75) is 54.9 Å². The molecule has 10 heteroatoms. The molecule has 0 spiro atoms. The van der Waals surface area contributed by atoms with Gasteiger partial charge in [0.25, 0.3) is 0 Å². The van der Waals surface area contributed by atoms with Gasteiger partial charge in [0.2, 0.25) is 0 Å². The SMILES string of the molecule is CC(C)COP(=O)(CCC#N)OCC(C)C.CCOP(=O)(CC(C)C#N)OCC. The lowest BCUT2D eigenvalue weighted by Gasteiger charge is -2.19. The van der Waals surface area contributed by atoms with Crippen LogP contribution in [0.4, 0.5) is 0 Å². The Hall–Kier alpha value is -0.720. The van der Waals surface area contributed by atoms with Crippen LogP contribution in [0.2, 0.25) is 0 Å². The summed E-state index contributed by atoms with van der Waals surface area (Å²) in [5, 5.41) is 17.1. The van der Waals surface area contributed by atoms with E-state index in [0.29, 0.717) is 38.3 Å². The second kappa shape index (κ2) is 17.0. The fourth-order valence-electron chi connectivity index (χ4n) is 1.79.